The lowest BCUT2D eigenvalue weighted by Gasteiger charge is -2.10. The summed E-state index contributed by atoms with van der Waals surface area (Å²) < 4.78 is 0. The monoisotopic (exact) mass is 260 g/mol. The molecule has 0 amide bonds. The van der Waals surface area contributed by atoms with E-state index < -0.39 is 0 Å². The number of rotatable bonds is 2. The van der Waals surface area contributed by atoms with Crippen LogP contribution in [0.5, 0.6) is 0 Å². The van der Waals surface area contributed by atoms with Gasteiger partial charge in [-0.15, -0.1) is 0 Å². The first kappa shape index (κ1) is 12.5. The van der Waals surface area contributed by atoms with Crippen molar-refractivity contribution in [3.8, 4) is 11.3 Å². The third kappa shape index (κ3) is 2.10. The fraction of sp³-hybridized carbons (Fsp3) is 0.111. The molecule has 2 heteroatoms. The van der Waals surface area contributed by atoms with Gasteiger partial charge in [-0.3, -0.25) is 0 Å². The molecule has 98 valence electrons. The van der Waals surface area contributed by atoms with Crippen molar-refractivity contribution in [2.45, 2.75) is 13.8 Å². The molecule has 0 atom stereocenters. The third-order valence-corrected chi connectivity index (χ3v) is 3.43. The van der Waals surface area contributed by atoms with Crippen LogP contribution in [0.1, 0.15) is 16.8 Å². The molecule has 1 aromatic heterocycles. The largest absolute Gasteiger partial charge is 0.245 e. The molecule has 0 aliphatic rings. The molecule has 20 heavy (non-hydrogen) atoms. The zero-order valence-corrected chi connectivity index (χ0v) is 11.7. The second-order valence-corrected chi connectivity index (χ2v) is 4.97. The second-order valence-electron chi connectivity index (χ2n) is 4.97. The minimum Gasteiger partial charge on any atom is -0.245 e. The van der Waals surface area contributed by atoms with Gasteiger partial charge >= 0.3 is 0 Å². The summed E-state index contributed by atoms with van der Waals surface area (Å²) >= 11 is 0. The molecule has 3 aromatic rings. The topological polar surface area (TPSA) is 25.8 Å². The Kier molecular flexibility index (Phi) is 3.07. The Labute approximate surface area is 118 Å². The Morgan fingerprint density at radius 2 is 1.65 bits per heavy atom. The number of hydrogen-bond donors (Lipinski definition) is 0. The third-order valence-electron chi connectivity index (χ3n) is 3.43. The van der Waals surface area contributed by atoms with Gasteiger partial charge in [0.2, 0.25) is 0 Å². The van der Waals surface area contributed by atoms with Crippen molar-refractivity contribution >= 4 is 17.1 Å². The summed E-state index contributed by atoms with van der Waals surface area (Å²) in [6, 6.07) is 14.3. The number of aryl methyl sites for hydroxylation is 2. The van der Waals surface area contributed by atoms with Crippen LogP contribution in [-0.4, -0.2) is 9.97 Å². The van der Waals surface area contributed by atoms with E-state index in [1.807, 2.05) is 24.3 Å². The van der Waals surface area contributed by atoms with Gasteiger partial charge in [0.25, 0.3) is 0 Å². The van der Waals surface area contributed by atoms with Crippen molar-refractivity contribution in [1.82, 2.24) is 9.97 Å². The first-order chi connectivity index (χ1) is 9.69. The van der Waals surface area contributed by atoms with E-state index in [1.165, 1.54) is 11.1 Å². The van der Waals surface area contributed by atoms with Gasteiger partial charge in [-0.25, -0.2) is 9.97 Å². The summed E-state index contributed by atoms with van der Waals surface area (Å²) in [5, 5.41) is 0. The summed E-state index contributed by atoms with van der Waals surface area (Å²) in [5.74, 6) is 0. The molecule has 3 rings (SSSR count). The standard InChI is InChI=1S/C18H16N2/c1-4-15-18(14-10-9-12(2)11-13(14)3)20-17-8-6-5-7-16(17)19-15/h4-11H,1H2,2-3H3. The first-order valence-corrected chi connectivity index (χ1v) is 6.66. The highest BCUT2D eigenvalue weighted by Crippen LogP contribution is 2.27. The fourth-order valence-electron chi connectivity index (χ4n) is 2.43. The molecule has 0 radical (unpaired) electrons. The highest BCUT2D eigenvalue weighted by Gasteiger charge is 2.10. The SMILES string of the molecule is C=Cc1nc2ccccc2nc1-c1ccc(C)cc1C. The maximum Gasteiger partial charge on any atom is 0.0969 e. The van der Waals surface area contributed by atoms with Crippen LogP contribution in [0.2, 0.25) is 0 Å². The van der Waals surface area contributed by atoms with Gasteiger partial charge in [-0.2, -0.15) is 0 Å². The minimum atomic E-state index is 0.829. The summed E-state index contributed by atoms with van der Waals surface area (Å²) in [6.45, 7) is 8.07. The molecule has 0 aliphatic heterocycles. The molecule has 0 fully saturated rings. The molecular weight excluding hydrogens is 244 g/mol. The van der Waals surface area contributed by atoms with Crippen molar-refractivity contribution in [1.29, 1.82) is 0 Å². The van der Waals surface area contributed by atoms with Crippen LogP contribution in [0.4, 0.5) is 0 Å². The van der Waals surface area contributed by atoms with Gasteiger partial charge in [-0.1, -0.05) is 42.5 Å². The molecular formula is C18H16N2. The van der Waals surface area contributed by atoms with Crippen molar-refractivity contribution < 1.29 is 0 Å². The van der Waals surface area contributed by atoms with E-state index >= 15 is 0 Å². The maximum absolute atomic E-state index is 4.77. The zero-order chi connectivity index (χ0) is 14.1. The Balaban J connectivity index is 2.31. The average molecular weight is 260 g/mol. The summed E-state index contributed by atoms with van der Waals surface area (Å²) in [4.78, 5) is 9.43. The Bertz CT molecular complexity index is 804. The lowest BCUT2D eigenvalue weighted by Crippen LogP contribution is -1.96. The molecule has 2 aromatic carbocycles. The van der Waals surface area contributed by atoms with E-state index in [0.29, 0.717) is 0 Å². The molecule has 0 saturated heterocycles. The number of hydrogen-bond acceptors (Lipinski definition) is 2. The number of fused-ring (bicyclic) bond motifs is 1. The molecule has 0 bridgehead atoms. The molecule has 0 N–H and O–H groups in total. The summed E-state index contributed by atoms with van der Waals surface area (Å²) in [6.07, 6.45) is 1.77. The highest BCUT2D eigenvalue weighted by atomic mass is 14.8. The highest BCUT2D eigenvalue weighted by molar-refractivity contribution is 5.82. The van der Waals surface area contributed by atoms with Crippen LogP contribution in [0.25, 0.3) is 28.4 Å². The minimum absolute atomic E-state index is 0.829. The van der Waals surface area contributed by atoms with Gasteiger partial charge in [-0.05, 0) is 37.6 Å². The van der Waals surface area contributed by atoms with Crippen molar-refractivity contribution in [2.24, 2.45) is 0 Å². The van der Waals surface area contributed by atoms with E-state index in [9.17, 15) is 0 Å². The van der Waals surface area contributed by atoms with Crippen molar-refractivity contribution in [3.63, 3.8) is 0 Å². The van der Waals surface area contributed by atoms with Crippen molar-refractivity contribution in [2.75, 3.05) is 0 Å². The second kappa shape index (κ2) is 4.89. The summed E-state index contributed by atoms with van der Waals surface area (Å²) in [5.41, 5.74) is 7.11. The van der Waals surface area contributed by atoms with Gasteiger partial charge < -0.3 is 0 Å². The lowest BCUT2D eigenvalue weighted by atomic mass is 10.0. The fourth-order valence-corrected chi connectivity index (χ4v) is 2.43. The first-order valence-electron chi connectivity index (χ1n) is 6.66. The lowest BCUT2D eigenvalue weighted by molar-refractivity contribution is 1.25. The molecule has 1 heterocycles. The molecule has 0 aliphatic carbocycles. The predicted octanol–water partition coefficient (Wildman–Crippen LogP) is 4.56. The Morgan fingerprint density at radius 3 is 2.30 bits per heavy atom. The van der Waals surface area contributed by atoms with E-state index in [4.69, 9.17) is 4.98 Å². The normalized spacial score (nSPS) is 10.7. The van der Waals surface area contributed by atoms with Gasteiger partial charge in [0.05, 0.1) is 22.4 Å². The van der Waals surface area contributed by atoms with Crippen LogP contribution < -0.4 is 0 Å². The van der Waals surface area contributed by atoms with Crippen LogP contribution in [0.3, 0.4) is 0 Å². The van der Waals surface area contributed by atoms with E-state index in [0.717, 1.165) is 28.0 Å². The van der Waals surface area contributed by atoms with Crippen LogP contribution in [-0.2, 0) is 0 Å². The molecule has 0 unspecified atom stereocenters. The molecule has 2 nitrogen and oxygen atoms in total. The number of nitrogens with zero attached hydrogens (tertiary/aromatic N) is 2. The van der Waals surface area contributed by atoms with Crippen LogP contribution in [0.15, 0.2) is 49.0 Å². The summed E-state index contributed by atoms with van der Waals surface area (Å²) in [7, 11) is 0. The van der Waals surface area contributed by atoms with E-state index in [-0.39, 0.29) is 0 Å². The average Bonchev–Trinajstić information content (AvgIpc) is 2.46. The zero-order valence-electron chi connectivity index (χ0n) is 11.7. The van der Waals surface area contributed by atoms with Crippen LogP contribution in [0, 0.1) is 13.8 Å². The van der Waals surface area contributed by atoms with Gasteiger partial charge in [0.15, 0.2) is 0 Å². The quantitative estimate of drug-likeness (QED) is 0.675. The van der Waals surface area contributed by atoms with Crippen molar-refractivity contribution in [3.05, 3.63) is 65.9 Å². The number of benzene rings is 2. The number of para-hydroxylation sites is 2. The van der Waals surface area contributed by atoms with E-state index in [2.05, 4.69) is 43.6 Å². The van der Waals surface area contributed by atoms with Gasteiger partial charge in [0.1, 0.15) is 0 Å². The maximum atomic E-state index is 4.77. The Hall–Kier alpha value is -2.48. The smallest absolute Gasteiger partial charge is 0.0969 e. The van der Waals surface area contributed by atoms with E-state index in [1.54, 1.807) is 6.08 Å². The Morgan fingerprint density at radius 1 is 0.950 bits per heavy atom. The van der Waals surface area contributed by atoms with Gasteiger partial charge in [0, 0.05) is 5.56 Å². The molecule has 0 saturated carbocycles. The van der Waals surface area contributed by atoms with Crippen LogP contribution >= 0.6 is 0 Å². The number of aromatic nitrogens is 2. The molecule has 0 spiro atoms. The predicted molar refractivity (Wildman–Crippen MR) is 84.5 cm³/mol.